The van der Waals surface area contributed by atoms with Crippen LogP contribution in [0.15, 0.2) is 60.7 Å². The van der Waals surface area contributed by atoms with Gasteiger partial charge in [0.1, 0.15) is 11.5 Å². The van der Waals surface area contributed by atoms with Gasteiger partial charge in [0, 0.05) is 23.3 Å². The number of carbonyl (C=O) groups is 3. The molecule has 12 nitrogen and oxygen atoms in total. The average Bonchev–Trinajstić information content (AvgIpc) is 3.43. The van der Waals surface area contributed by atoms with Gasteiger partial charge in [0.15, 0.2) is 23.0 Å². The number of ether oxygens (including phenoxy) is 9. The van der Waals surface area contributed by atoms with E-state index in [4.69, 9.17) is 42.6 Å². The Balaban J connectivity index is 1.75. The fourth-order valence-corrected chi connectivity index (χ4v) is 8.12. The molecule has 0 amide bonds. The van der Waals surface area contributed by atoms with E-state index in [1.54, 1.807) is 36.4 Å². The van der Waals surface area contributed by atoms with Crippen LogP contribution in [0.4, 0.5) is 0 Å². The second-order valence-corrected chi connectivity index (χ2v) is 19.9. The molecule has 0 saturated heterocycles. The van der Waals surface area contributed by atoms with Gasteiger partial charge in [-0.1, -0.05) is 145 Å². The van der Waals surface area contributed by atoms with Gasteiger partial charge in [-0.15, -0.1) is 0 Å². The molecule has 0 saturated carbocycles. The molecule has 0 radical (unpaired) electrons. The smallest absolute Gasteiger partial charge is 0.336 e. The molecule has 3 rings (SSSR count). The monoisotopic (exact) mass is 1070 g/mol. The van der Waals surface area contributed by atoms with Gasteiger partial charge in [0.05, 0.1) is 52.2 Å². The van der Waals surface area contributed by atoms with Crippen molar-refractivity contribution < 1.29 is 57.0 Å². The molecule has 0 aliphatic carbocycles. The molecule has 3 aromatic carbocycles. The molecule has 430 valence electrons. The molecule has 0 aliphatic heterocycles. The minimum atomic E-state index is -0.593. The van der Waals surface area contributed by atoms with Crippen LogP contribution in [0.1, 0.15) is 220 Å². The van der Waals surface area contributed by atoms with Crippen LogP contribution >= 0.6 is 0 Å². The standard InChI is InChI=1S/C65H98O12/c1-8-14-19-26-45-69-57-41-33-53(61(71-47-27-20-15-9-2)63(57)73-49-29-22-17-11-4)35-43-59(66)76-55-37-39-56(40-38-55)77-60(67)44-36-54-34-42-58(70-46-31-24-25-32-51-75-65(68)52(7)13-6)64(74-50-30-23-18-12-5)62(54)72-48-28-21-16-10-3/h33-44,52H,8-32,45-51H2,1-7H3. The number of rotatable bonds is 46. The van der Waals surface area contributed by atoms with Crippen molar-refractivity contribution in [1.82, 2.24) is 0 Å². The summed E-state index contributed by atoms with van der Waals surface area (Å²) in [7, 11) is 0. The van der Waals surface area contributed by atoms with E-state index in [-0.39, 0.29) is 23.4 Å². The fraction of sp³-hybridized carbons (Fsp3) is 0.615. The zero-order valence-electron chi connectivity index (χ0n) is 48.5. The molecule has 0 heterocycles. The summed E-state index contributed by atoms with van der Waals surface area (Å²) in [6, 6.07) is 13.9. The molecule has 0 bridgehead atoms. The molecule has 1 unspecified atom stereocenters. The lowest BCUT2D eigenvalue weighted by molar-refractivity contribution is -0.148. The van der Waals surface area contributed by atoms with E-state index in [1.165, 1.54) is 12.2 Å². The summed E-state index contributed by atoms with van der Waals surface area (Å²) < 4.78 is 55.2. The maximum Gasteiger partial charge on any atom is 0.336 e. The number of esters is 3. The van der Waals surface area contributed by atoms with E-state index in [1.807, 2.05) is 38.1 Å². The summed E-state index contributed by atoms with van der Waals surface area (Å²) in [6.07, 6.45) is 31.6. The van der Waals surface area contributed by atoms with Crippen molar-refractivity contribution in [3.05, 3.63) is 71.8 Å². The zero-order chi connectivity index (χ0) is 55.6. The molecule has 77 heavy (non-hydrogen) atoms. The van der Waals surface area contributed by atoms with Crippen molar-refractivity contribution in [3.63, 3.8) is 0 Å². The molecule has 3 aromatic rings. The van der Waals surface area contributed by atoms with E-state index in [0.29, 0.717) is 91.9 Å². The first-order valence-corrected chi connectivity index (χ1v) is 29.9. The van der Waals surface area contributed by atoms with Gasteiger partial charge in [-0.25, -0.2) is 9.59 Å². The first-order chi connectivity index (χ1) is 37.7. The highest BCUT2D eigenvalue weighted by Gasteiger charge is 2.20. The fourth-order valence-electron chi connectivity index (χ4n) is 8.12. The minimum absolute atomic E-state index is 0.0743. The minimum Gasteiger partial charge on any atom is -0.490 e. The highest BCUT2D eigenvalue weighted by Crippen LogP contribution is 2.43. The highest BCUT2D eigenvalue weighted by atomic mass is 16.6. The van der Waals surface area contributed by atoms with Crippen LogP contribution in [0.3, 0.4) is 0 Å². The van der Waals surface area contributed by atoms with Gasteiger partial charge in [0.2, 0.25) is 11.5 Å². The molecular formula is C65H98O12. The third kappa shape index (κ3) is 28.0. The van der Waals surface area contributed by atoms with Crippen molar-refractivity contribution in [1.29, 1.82) is 0 Å². The maximum absolute atomic E-state index is 13.3. The quantitative estimate of drug-likeness (QED) is 0.0231. The molecule has 0 fully saturated rings. The SMILES string of the molecule is CCCCCCOc1ccc(C=CC(=O)Oc2ccc(OC(=O)C=Cc3ccc(OCCCCCCOC(=O)C(C)CC)c(OCCCCCC)c3OCCCCCC)cc2)c(OCCCCCC)c1OCCCCCC. The first kappa shape index (κ1) is 65.6. The first-order valence-electron chi connectivity index (χ1n) is 29.9. The lowest BCUT2D eigenvalue weighted by Crippen LogP contribution is -2.14. The van der Waals surface area contributed by atoms with Crippen LogP contribution in [0, 0.1) is 5.92 Å². The van der Waals surface area contributed by atoms with Gasteiger partial charge in [0.25, 0.3) is 0 Å². The molecule has 12 heteroatoms. The van der Waals surface area contributed by atoms with Crippen LogP contribution in [-0.2, 0) is 19.1 Å². The Bertz CT molecular complexity index is 2110. The van der Waals surface area contributed by atoms with Gasteiger partial charge in [-0.3, -0.25) is 4.79 Å². The van der Waals surface area contributed by atoms with E-state index >= 15 is 0 Å². The van der Waals surface area contributed by atoms with E-state index < -0.39 is 11.9 Å². The number of hydrogen-bond acceptors (Lipinski definition) is 12. The Morgan fingerprint density at radius 3 is 1.03 bits per heavy atom. The molecule has 0 aliphatic rings. The predicted molar refractivity (Wildman–Crippen MR) is 311 cm³/mol. The molecule has 1 atom stereocenters. The van der Waals surface area contributed by atoms with Crippen LogP contribution in [-0.4, -0.2) is 64.2 Å². The maximum atomic E-state index is 13.3. The summed E-state index contributed by atoms with van der Waals surface area (Å²) in [5, 5.41) is 0. The number of benzene rings is 3. The van der Waals surface area contributed by atoms with Crippen molar-refractivity contribution in [2.45, 2.75) is 209 Å². The summed E-state index contributed by atoms with van der Waals surface area (Å²) in [5.74, 6) is 2.61. The Morgan fingerprint density at radius 1 is 0.377 bits per heavy atom. The summed E-state index contributed by atoms with van der Waals surface area (Å²) >= 11 is 0. The number of hydrogen-bond donors (Lipinski definition) is 0. The third-order valence-corrected chi connectivity index (χ3v) is 13.1. The van der Waals surface area contributed by atoms with Gasteiger partial charge in [-0.2, -0.15) is 0 Å². The van der Waals surface area contributed by atoms with Crippen molar-refractivity contribution >= 4 is 30.1 Å². The second-order valence-electron chi connectivity index (χ2n) is 19.9. The van der Waals surface area contributed by atoms with E-state index in [9.17, 15) is 14.4 Å². The number of unbranched alkanes of at least 4 members (excludes halogenated alkanes) is 18. The van der Waals surface area contributed by atoms with Crippen LogP contribution in [0.25, 0.3) is 12.2 Å². The third-order valence-electron chi connectivity index (χ3n) is 13.1. The van der Waals surface area contributed by atoms with Crippen LogP contribution in [0.2, 0.25) is 0 Å². The van der Waals surface area contributed by atoms with Crippen molar-refractivity contribution in [3.8, 4) is 46.0 Å². The summed E-state index contributed by atoms with van der Waals surface area (Å²) in [4.78, 5) is 38.6. The Morgan fingerprint density at radius 2 is 0.688 bits per heavy atom. The predicted octanol–water partition coefficient (Wildman–Crippen LogP) is 17.2. The molecule has 0 aromatic heterocycles. The van der Waals surface area contributed by atoms with Crippen molar-refractivity contribution in [2.75, 3.05) is 46.2 Å². The van der Waals surface area contributed by atoms with Crippen LogP contribution in [0.5, 0.6) is 46.0 Å². The van der Waals surface area contributed by atoms with Gasteiger partial charge in [-0.05, 0) is 125 Å². The highest BCUT2D eigenvalue weighted by molar-refractivity contribution is 5.90. The Hall–Kier alpha value is -5.65. The zero-order valence-corrected chi connectivity index (χ0v) is 48.5. The lowest BCUT2D eigenvalue weighted by atomic mass is 10.1. The Kier molecular flexibility index (Phi) is 36.1. The normalized spacial score (nSPS) is 11.7. The van der Waals surface area contributed by atoms with E-state index in [2.05, 4.69) is 34.6 Å². The summed E-state index contributed by atoms with van der Waals surface area (Å²) in [5.41, 5.74) is 1.35. The number of carbonyl (C=O) groups excluding carboxylic acids is 3. The van der Waals surface area contributed by atoms with Crippen molar-refractivity contribution in [2.24, 2.45) is 5.92 Å². The van der Waals surface area contributed by atoms with Gasteiger partial charge < -0.3 is 42.6 Å². The largest absolute Gasteiger partial charge is 0.490 e. The Labute approximate surface area is 464 Å². The average molecular weight is 1070 g/mol. The lowest BCUT2D eigenvalue weighted by Gasteiger charge is -2.19. The molecule has 0 N–H and O–H groups in total. The van der Waals surface area contributed by atoms with Crippen LogP contribution < -0.4 is 37.9 Å². The van der Waals surface area contributed by atoms with Gasteiger partial charge >= 0.3 is 17.9 Å². The molecular weight excluding hydrogens is 973 g/mol. The molecule has 0 spiro atoms. The summed E-state index contributed by atoms with van der Waals surface area (Å²) in [6.45, 7) is 18.3. The topological polar surface area (TPSA) is 134 Å². The van der Waals surface area contributed by atoms with E-state index in [0.717, 1.165) is 161 Å². The second kappa shape index (κ2) is 42.4.